The Balaban J connectivity index is 1.18. The normalized spacial score (nSPS) is 31.4. The Morgan fingerprint density at radius 3 is 2.80 bits per heavy atom. The number of rotatable bonds is 5. The van der Waals surface area contributed by atoms with E-state index in [4.69, 9.17) is 21.1 Å². The zero-order chi connectivity index (χ0) is 35.3. The number of hydrogen-bond acceptors (Lipinski definition) is 7. The lowest BCUT2D eigenvalue weighted by atomic mass is 9.68. The van der Waals surface area contributed by atoms with Gasteiger partial charge >= 0.3 is 0 Å². The minimum Gasteiger partial charge on any atom is -0.490 e. The lowest BCUT2D eigenvalue weighted by Gasteiger charge is -2.46. The number of Topliss-reactive ketones (excluding diaryl/α,β-unsaturated/α-hetero) is 1. The minimum absolute atomic E-state index is 0.0374. The second kappa shape index (κ2) is 13.8. The van der Waals surface area contributed by atoms with E-state index in [-0.39, 0.29) is 34.7 Å². The van der Waals surface area contributed by atoms with Gasteiger partial charge in [-0.2, -0.15) is 9.46 Å². The Hall–Kier alpha value is -3.47. The lowest BCUT2D eigenvalue weighted by Crippen LogP contribution is -2.49. The summed E-state index contributed by atoms with van der Waals surface area (Å²) >= 11 is 6.46. The van der Waals surface area contributed by atoms with Crippen LogP contribution in [0, 0.1) is 17.8 Å². The van der Waals surface area contributed by atoms with E-state index in [9.17, 15) is 13.8 Å². The van der Waals surface area contributed by atoms with E-state index in [0.717, 1.165) is 74.5 Å². The molecular weight excluding hydrogens is 684 g/mol. The third-order valence-corrected chi connectivity index (χ3v) is 14.3. The Morgan fingerprint density at radius 1 is 1.16 bits per heavy atom. The number of aromatic nitrogens is 2. The van der Waals surface area contributed by atoms with Gasteiger partial charge in [-0.05, 0) is 111 Å². The molecule has 3 aromatic rings. The van der Waals surface area contributed by atoms with Crippen molar-refractivity contribution in [3.05, 3.63) is 88.2 Å². The third-order valence-electron chi connectivity index (χ3n) is 11.8. The van der Waals surface area contributed by atoms with Crippen molar-refractivity contribution in [1.82, 2.24) is 9.78 Å². The number of allylic oxidation sites excluding steroid dienone is 1. The lowest BCUT2D eigenvalue weighted by molar-refractivity contribution is 0.0131. The van der Waals surface area contributed by atoms with Gasteiger partial charge in [0.15, 0.2) is 5.78 Å². The number of amides is 1. The van der Waals surface area contributed by atoms with E-state index in [2.05, 4.69) is 38.6 Å². The smallest absolute Gasteiger partial charge is 0.285 e. The monoisotopic (exact) mass is 730 g/mol. The van der Waals surface area contributed by atoms with Gasteiger partial charge in [-0.25, -0.2) is 4.21 Å². The number of aryl methyl sites for hydroxylation is 1. The maximum atomic E-state index is 14.7. The molecule has 270 valence electrons. The van der Waals surface area contributed by atoms with E-state index >= 15 is 0 Å². The van der Waals surface area contributed by atoms with Crippen LogP contribution in [-0.4, -0.2) is 70.1 Å². The molecule has 1 amide bonds. The number of methoxy groups -OCH3 is 1. The number of carbonyl (C=O) groups excluding carboxylic acids is 2. The molecule has 2 fully saturated rings. The number of fused-ring (bicyclic) bond motifs is 4. The van der Waals surface area contributed by atoms with Crippen LogP contribution >= 0.6 is 11.6 Å². The van der Waals surface area contributed by atoms with Crippen LogP contribution in [0.25, 0.3) is 0 Å². The molecular formula is C40H47ClN4O5S. The van der Waals surface area contributed by atoms with Crippen molar-refractivity contribution in [2.45, 2.75) is 75.9 Å². The van der Waals surface area contributed by atoms with Gasteiger partial charge < -0.3 is 14.4 Å². The second-order valence-electron chi connectivity index (χ2n) is 15.6. The zero-order valence-corrected chi connectivity index (χ0v) is 31.0. The maximum absolute atomic E-state index is 14.7. The fourth-order valence-corrected chi connectivity index (χ4v) is 11.2. The van der Waals surface area contributed by atoms with Crippen LogP contribution in [0.4, 0.5) is 5.69 Å². The van der Waals surface area contributed by atoms with E-state index in [1.165, 1.54) is 11.1 Å². The topological polar surface area (TPSA) is 103 Å². The molecule has 3 aliphatic carbocycles. The molecule has 2 aliphatic heterocycles. The molecule has 0 unspecified atom stereocenters. The summed E-state index contributed by atoms with van der Waals surface area (Å²) < 4.78 is 33.6. The van der Waals surface area contributed by atoms with E-state index in [1.54, 1.807) is 25.6 Å². The summed E-state index contributed by atoms with van der Waals surface area (Å²) in [6, 6.07) is 12.0. The number of halogens is 1. The summed E-state index contributed by atoms with van der Waals surface area (Å²) in [6.07, 6.45) is 15.4. The highest BCUT2D eigenvalue weighted by molar-refractivity contribution is 7.94. The first-order chi connectivity index (χ1) is 24.6. The van der Waals surface area contributed by atoms with Gasteiger partial charge in [0.05, 0.1) is 51.7 Å². The van der Waals surface area contributed by atoms with Crippen LogP contribution in [-0.2, 0) is 26.3 Å². The predicted molar refractivity (Wildman–Crippen MR) is 200 cm³/mol. The molecule has 2 saturated carbocycles. The highest BCUT2D eigenvalue weighted by atomic mass is 35.5. The first-order valence-corrected chi connectivity index (χ1v) is 20.7. The molecule has 8 rings (SSSR count). The van der Waals surface area contributed by atoms with Crippen molar-refractivity contribution in [2.75, 3.05) is 43.2 Å². The number of anilines is 1. The fraction of sp³-hybridized carbons (Fsp3) is 0.525. The number of hydrogen-bond donors (Lipinski definition) is 0. The highest BCUT2D eigenvalue weighted by Gasteiger charge is 2.44. The Labute approximate surface area is 305 Å². The predicted octanol–water partition coefficient (Wildman–Crippen LogP) is 7.47. The minimum atomic E-state index is -3.27. The maximum Gasteiger partial charge on any atom is 0.285 e. The van der Waals surface area contributed by atoms with Crippen LogP contribution < -0.4 is 9.64 Å². The van der Waals surface area contributed by atoms with Crippen molar-refractivity contribution in [2.24, 2.45) is 22.1 Å². The second-order valence-corrected chi connectivity index (χ2v) is 18.4. The van der Waals surface area contributed by atoms with Gasteiger partial charge in [-0.1, -0.05) is 36.7 Å². The zero-order valence-electron chi connectivity index (χ0n) is 29.5. The van der Waals surface area contributed by atoms with E-state index in [1.807, 2.05) is 29.8 Å². The van der Waals surface area contributed by atoms with Crippen molar-refractivity contribution >= 4 is 38.7 Å². The molecule has 9 nitrogen and oxygen atoms in total. The van der Waals surface area contributed by atoms with Crippen LogP contribution in [0.15, 0.2) is 65.3 Å². The van der Waals surface area contributed by atoms with Crippen LogP contribution in [0.3, 0.4) is 0 Å². The molecule has 1 spiro atoms. The van der Waals surface area contributed by atoms with E-state index < -0.39 is 15.6 Å². The van der Waals surface area contributed by atoms with E-state index in [0.29, 0.717) is 42.0 Å². The fourth-order valence-electron chi connectivity index (χ4n) is 8.78. The number of carbonyl (C=O) groups is 2. The Morgan fingerprint density at radius 2 is 2.02 bits per heavy atom. The van der Waals surface area contributed by atoms with Crippen LogP contribution in [0.2, 0.25) is 5.02 Å². The molecule has 3 heterocycles. The summed E-state index contributed by atoms with van der Waals surface area (Å²) in [6.45, 7) is 4.05. The molecule has 5 aliphatic rings. The van der Waals surface area contributed by atoms with Gasteiger partial charge in [0.2, 0.25) is 0 Å². The number of ketones is 1. The third kappa shape index (κ3) is 7.03. The number of ether oxygens (including phenoxy) is 2. The first-order valence-electron chi connectivity index (χ1n) is 18.5. The average Bonchev–Trinajstić information content (AvgIpc) is 3.85. The molecule has 1 aromatic heterocycles. The summed E-state index contributed by atoms with van der Waals surface area (Å²) in [4.78, 5) is 30.0. The number of benzene rings is 2. The van der Waals surface area contributed by atoms with Crippen molar-refractivity contribution < 1.29 is 23.3 Å². The first kappa shape index (κ1) is 34.6. The highest BCUT2D eigenvalue weighted by Crippen LogP contribution is 2.47. The Bertz CT molecular complexity index is 2000. The van der Waals surface area contributed by atoms with Gasteiger partial charge in [-0.15, -0.1) is 0 Å². The summed E-state index contributed by atoms with van der Waals surface area (Å²) in [5.74, 6) is 0.319. The molecule has 0 radical (unpaired) electrons. The van der Waals surface area contributed by atoms with Crippen LogP contribution in [0.5, 0.6) is 5.75 Å². The number of nitrogens with zero attached hydrogens (tertiary/aromatic N) is 4. The van der Waals surface area contributed by atoms with Crippen LogP contribution in [0.1, 0.15) is 89.8 Å². The molecule has 2 aromatic carbocycles. The standard InChI is InChI=1S/C40H47ClN4O5S/c1-26-5-3-7-37(49-2)33-13-8-29(33)20-44-24-40(16-4-6-27-17-31(41)10-14-34(27)40)25-50-38-15-9-28(18-35(38)44)39(47)43-51(48,22-26)23-36(46)30-19-42-45(21-30)32-11-12-32/h3,7,9-10,14-15,17-19,21,26,29,32-33,37H,4-6,8,11-13,16,20,22-25H2,1-2H3/b7-3+/t26-,29-,33+,37-,40-,51+/m0/s1. The molecule has 0 N–H and O–H groups in total. The molecule has 6 atom stereocenters. The summed E-state index contributed by atoms with van der Waals surface area (Å²) in [5, 5.41) is 5.11. The van der Waals surface area contributed by atoms with Gasteiger partial charge in [0, 0.05) is 48.2 Å². The van der Waals surface area contributed by atoms with Crippen molar-refractivity contribution in [1.29, 1.82) is 0 Å². The Kier molecular flexibility index (Phi) is 9.38. The molecule has 11 heteroatoms. The summed E-state index contributed by atoms with van der Waals surface area (Å²) in [5.41, 5.74) is 3.91. The quantitative estimate of drug-likeness (QED) is 0.198. The SMILES string of the molecule is CO[C@H]1/C=C/C[C@H](C)C[S@@](=O)(CC(=O)c2cnn(C3CC3)c2)=NC(=O)c2ccc3c(c2)N(C[C@@H]2CC[C@H]21)C[C@@]1(CCCc2cc(Cl)ccc21)CO3. The van der Waals surface area contributed by atoms with Gasteiger partial charge in [-0.3, -0.25) is 14.3 Å². The molecule has 51 heavy (non-hydrogen) atoms. The largest absolute Gasteiger partial charge is 0.490 e. The summed E-state index contributed by atoms with van der Waals surface area (Å²) in [7, 11) is -1.49. The van der Waals surface area contributed by atoms with Gasteiger partial charge in [0.1, 0.15) is 5.75 Å². The molecule has 2 bridgehead atoms. The van der Waals surface area contributed by atoms with Crippen molar-refractivity contribution in [3.8, 4) is 5.75 Å². The average molecular weight is 731 g/mol. The van der Waals surface area contributed by atoms with Gasteiger partial charge in [0.25, 0.3) is 5.91 Å². The van der Waals surface area contributed by atoms with Crippen molar-refractivity contribution in [3.63, 3.8) is 0 Å². The molecule has 0 saturated heterocycles.